The minimum absolute atomic E-state index is 0.0556. The van der Waals surface area contributed by atoms with Crippen LogP contribution in [0, 0.1) is 11.6 Å². The number of imidazole rings is 1. The highest BCUT2D eigenvalue weighted by Gasteiger charge is 2.13. The SMILES string of the molecule is C=CCn1c(=O)[nH]c2ccc(F)c(F)c21. The Morgan fingerprint density at radius 3 is 2.87 bits per heavy atom. The van der Waals surface area contributed by atoms with E-state index in [-0.39, 0.29) is 17.6 Å². The second-order valence-corrected chi connectivity index (χ2v) is 3.09. The van der Waals surface area contributed by atoms with Crippen LogP contribution >= 0.6 is 0 Å². The first-order chi connectivity index (χ1) is 7.15. The maximum atomic E-state index is 13.4. The van der Waals surface area contributed by atoms with Crippen molar-refractivity contribution in [2.75, 3.05) is 0 Å². The van der Waals surface area contributed by atoms with E-state index in [0.29, 0.717) is 0 Å². The summed E-state index contributed by atoms with van der Waals surface area (Å²) in [6.45, 7) is 3.58. The van der Waals surface area contributed by atoms with Gasteiger partial charge in [0.05, 0.1) is 5.52 Å². The first-order valence-electron chi connectivity index (χ1n) is 4.32. The third kappa shape index (κ3) is 1.36. The van der Waals surface area contributed by atoms with Gasteiger partial charge in [-0.3, -0.25) is 4.57 Å². The zero-order valence-corrected chi connectivity index (χ0v) is 7.76. The Morgan fingerprint density at radius 1 is 1.47 bits per heavy atom. The fourth-order valence-electron chi connectivity index (χ4n) is 1.49. The molecule has 0 aliphatic carbocycles. The summed E-state index contributed by atoms with van der Waals surface area (Å²) >= 11 is 0. The highest BCUT2D eigenvalue weighted by Crippen LogP contribution is 2.17. The van der Waals surface area contributed by atoms with E-state index < -0.39 is 17.3 Å². The zero-order chi connectivity index (χ0) is 11.0. The van der Waals surface area contributed by atoms with Crippen molar-refractivity contribution in [3.05, 3.63) is 46.9 Å². The molecule has 0 spiro atoms. The summed E-state index contributed by atoms with van der Waals surface area (Å²) in [5.41, 5.74) is -0.255. The summed E-state index contributed by atoms with van der Waals surface area (Å²) < 4.78 is 27.5. The molecule has 78 valence electrons. The molecule has 0 saturated carbocycles. The smallest absolute Gasteiger partial charge is 0.305 e. The van der Waals surface area contributed by atoms with Crippen LogP contribution < -0.4 is 5.69 Å². The molecule has 0 bridgehead atoms. The van der Waals surface area contributed by atoms with Gasteiger partial charge >= 0.3 is 5.69 Å². The summed E-state index contributed by atoms with van der Waals surface area (Å²) in [4.78, 5) is 13.8. The molecule has 1 heterocycles. The summed E-state index contributed by atoms with van der Waals surface area (Å²) in [6.07, 6.45) is 1.44. The van der Waals surface area contributed by atoms with Crippen LogP contribution in [-0.2, 0) is 6.54 Å². The molecule has 2 aromatic rings. The number of aromatic nitrogens is 2. The van der Waals surface area contributed by atoms with Gasteiger partial charge in [-0.2, -0.15) is 0 Å². The van der Waals surface area contributed by atoms with E-state index in [1.165, 1.54) is 12.1 Å². The van der Waals surface area contributed by atoms with Crippen LogP contribution in [-0.4, -0.2) is 9.55 Å². The lowest BCUT2D eigenvalue weighted by atomic mass is 10.3. The first-order valence-corrected chi connectivity index (χ1v) is 4.32. The average molecular weight is 210 g/mol. The number of nitrogens with one attached hydrogen (secondary N) is 1. The van der Waals surface area contributed by atoms with Crippen molar-refractivity contribution < 1.29 is 8.78 Å². The maximum absolute atomic E-state index is 13.4. The van der Waals surface area contributed by atoms with Crippen molar-refractivity contribution in [2.24, 2.45) is 0 Å². The van der Waals surface area contributed by atoms with Crippen molar-refractivity contribution in [1.82, 2.24) is 9.55 Å². The number of H-pyrrole nitrogens is 1. The van der Waals surface area contributed by atoms with Gasteiger partial charge in [-0.05, 0) is 12.1 Å². The lowest BCUT2D eigenvalue weighted by molar-refractivity contribution is 0.512. The standard InChI is InChI=1S/C10H8F2N2O/c1-2-5-14-9-7(13-10(14)15)4-3-6(11)8(9)12/h2-4H,1,5H2,(H,13,15). The monoisotopic (exact) mass is 210 g/mol. The molecule has 0 amide bonds. The molecule has 0 saturated heterocycles. The van der Waals surface area contributed by atoms with E-state index in [2.05, 4.69) is 11.6 Å². The van der Waals surface area contributed by atoms with Gasteiger partial charge in [0.15, 0.2) is 11.6 Å². The molecule has 0 fully saturated rings. The Hall–Kier alpha value is -1.91. The Bertz CT molecular complexity index is 583. The number of halogens is 2. The van der Waals surface area contributed by atoms with E-state index >= 15 is 0 Å². The molecular formula is C10H8F2N2O. The predicted octanol–water partition coefficient (Wildman–Crippen LogP) is 1.79. The number of benzene rings is 1. The molecule has 0 unspecified atom stereocenters. The zero-order valence-electron chi connectivity index (χ0n) is 7.76. The number of hydrogen-bond acceptors (Lipinski definition) is 1. The van der Waals surface area contributed by atoms with Crippen molar-refractivity contribution in [1.29, 1.82) is 0 Å². The van der Waals surface area contributed by atoms with Gasteiger partial charge in [0, 0.05) is 6.54 Å². The Kier molecular flexibility index (Phi) is 2.15. The molecule has 0 aliphatic heterocycles. The van der Waals surface area contributed by atoms with Crippen LogP contribution in [0.5, 0.6) is 0 Å². The molecule has 5 heteroatoms. The quantitative estimate of drug-likeness (QED) is 0.754. The van der Waals surface area contributed by atoms with Crippen molar-refractivity contribution in [3.8, 4) is 0 Å². The Balaban J connectivity index is 2.89. The lowest BCUT2D eigenvalue weighted by Crippen LogP contribution is -2.16. The fraction of sp³-hybridized carbons (Fsp3) is 0.100. The summed E-state index contributed by atoms with van der Waals surface area (Å²) in [7, 11) is 0. The molecule has 3 nitrogen and oxygen atoms in total. The normalized spacial score (nSPS) is 10.8. The van der Waals surface area contributed by atoms with Crippen LogP contribution in [0.2, 0.25) is 0 Å². The van der Waals surface area contributed by atoms with Crippen molar-refractivity contribution in [3.63, 3.8) is 0 Å². The van der Waals surface area contributed by atoms with Crippen LogP contribution in [0.3, 0.4) is 0 Å². The number of allylic oxidation sites excluding steroid dienone is 1. The molecular weight excluding hydrogens is 202 g/mol. The van der Waals surface area contributed by atoms with Crippen LogP contribution in [0.25, 0.3) is 11.0 Å². The van der Waals surface area contributed by atoms with Crippen LogP contribution in [0.4, 0.5) is 8.78 Å². The van der Waals surface area contributed by atoms with Gasteiger partial charge < -0.3 is 4.98 Å². The highest BCUT2D eigenvalue weighted by atomic mass is 19.2. The molecule has 1 aromatic heterocycles. The molecule has 0 aliphatic rings. The minimum Gasteiger partial charge on any atom is -0.305 e. The number of fused-ring (bicyclic) bond motifs is 1. The van der Waals surface area contributed by atoms with E-state index in [9.17, 15) is 13.6 Å². The number of hydrogen-bond donors (Lipinski definition) is 1. The number of aromatic amines is 1. The van der Waals surface area contributed by atoms with E-state index in [4.69, 9.17) is 0 Å². The van der Waals surface area contributed by atoms with Crippen LogP contribution in [0.1, 0.15) is 0 Å². The van der Waals surface area contributed by atoms with E-state index in [1.54, 1.807) is 0 Å². The second-order valence-electron chi connectivity index (χ2n) is 3.09. The number of rotatable bonds is 2. The molecule has 1 N–H and O–H groups in total. The van der Waals surface area contributed by atoms with Crippen molar-refractivity contribution >= 4 is 11.0 Å². The highest BCUT2D eigenvalue weighted by molar-refractivity contribution is 5.76. The first kappa shape index (κ1) is 9.64. The largest absolute Gasteiger partial charge is 0.326 e. The molecule has 0 radical (unpaired) electrons. The summed E-state index contributed by atoms with van der Waals surface area (Å²) in [5.74, 6) is -1.99. The van der Waals surface area contributed by atoms with Gasteiger partial charge in [0.2, 0.25) is 0 Å². The lowest BCUT2D eigenvalue weighted by Gasteiger charge is -2.00. The number of nitrogens with zero attached hydrogens (tertiary/aromatic N) is 1. The average Bonchev–Trinajstić information content (AvgIpc) is 2.51. The van der Waals surface area contributed by atoms with E-state index in [0.717, 1.165) is 10.6 Å². The molecule has 15 heavy (non-hydrogen) atoms. The van der Waals surface area contributed by atoms with Crippen LogP contribution in [0.15, 0.2) is 29.6 Å². The molecule has 0 atom stereocenters. The van der Waals surface area contributed by atoms with Gasteiger partial charge in [-0.15, -0.1) is 6.58 Å². The maximum Gasteiger partial charge on any atom is 0.326 e. The van der Waals surface area contributed by atoms with Gasteiger partial charge in [-0.25, -0.2) is 13.6 Å². The third-order valence-electron chi connectivity index (χ3n) is 2.14. The molecule has 2 rings (SSSR count). The van der Waals surface area contributed by atoms with Gasteiger partial charge in [-0.1, -0.05) is 6.08 Å². The molecule has 1 aromatic carbocycles. The Morgan fingerprint density at radius 2 is 2.20 bits per heavy atom. The summed E-state index contributed by atoms with van der Waals surface area (Å²) in [6, 6.07) is 2.31. The van der Waals surface area contributed by atoms with Gasteiger partial charge in [0.1, 0.15) is 5.52 Å². The minimum atomic E-state index is -1.02. The van der Waals surface area contributed by atoms with E-state index in [1.807, 2.05) is 0 Å². The fourth-order valence-corrected chi connectivity index (χ4v) is 1.49. The third-order valence-corrected chi connectivity index (χ3v) is 2.14. The topological polar surface area (TPSA) is 37.8 Å². The summed E-state index contributed by atoms with van der Waals surface area (Å²) in [5, 5.41) is 0. The second kappa shape index (κ2) is 3.34. The van der Waals surface area contributed by atoms with Gasteiger partial charge in [0.25, 0.3) is 0 Å². The Labute approximate surface area is 83.6 Å². The predicted molar refractivity (Wildman–Crippen MR) is 52.7 cm³/mol. The van der Waals surface area contributed by atoms with Crippen molar-refractivity contribution in [2.45, 2.75) is 6.54 Å².